The minimum atomic E-state index is -0.753. The van der Waals surface area contributed by atoms with Crippen molar-refractivity contribution >= 4 is 5.97 Å². The Bertz CT molecular complexity index is 245. The summed E-state index contributed by atoms with van der Waals surface area (Å²) in [5.41, 5.74) is -0.728. The van der Waals surface area contributed by atoms with E-state index in [1.807, 2.05) is 0 Å². The first-order valence-electron chi connectivity index (χ1n) is 5.66. The van der Waals surface area contributed by atoms with Crippen LogP contribution >= 0.6 is 0 Å². The van der Waals surface area contributed by atoms with E-state index in [9.17, 15) is 15.0 Å². The molecule has 0 amide bonds. The van der Waals surface area contributed by atoms with Crippen LogP contribution < -0.4 is 0 Å². The van der Waals surface area contributed by atoms with Crippen LogP contribution in [0.1, 0.15) is 32.1 Å². The molecule has 2 rings (SSSR count). The molecule has 0 aromatic heterocycles. The molecular formula is C11H18O4. The summed E-state index contributed by atoms with van der Waals surface area (Å²) in [5.74, 6) is -0.966. The highest BCUT2D eigenvalue weighted by atomic mass is 16.5. The summed E-state index contributed by atoms with van der Waals surface area (Å²) in [6.45, 7) is 0.688. The van der Waals surface area contributed by atoms with Crippen molar-refractivity contribution in [2.45, 2.75) is 38.2 Å². The second-order valence-corrected chi connectivity index (χ2v) is 4.73. The predicted octanol–water partition coefficient (Wildman–Crippen LogP) is 1.03. The number of aliphatic hydroxyl groups is 1. The lowest BCUT2D eigenvalue weighted by Gasteiger charge is -2.38. The summed E-state index contributed by atoms with van der Waals surface area (Å²) < 4.78 is 5.18. The summed E-state index contributed by atoms with van der Waals surface area (Å²) >= 11 is 0. The lowest BCUT2D eigenvalue weighted by atomic mass is 9.65. The van der Waals surface area contributed by atoms with Crippen LogP contribution in [0.5, 0.6) is 0 Å². The molecule has 0 radical (unpaired) electrons. The molecule has 0 aromatic carbocycles. The predicted molar refractivity (Wildman–Crippen MR) is 53.5 cm³/mol. The van der Waals surface area contributed by atoms with Crippen LogP contribution in [-0.2, 0) is 9.53 Å². The molecule has 2 aliphatic rings. The van der Waals surface area contributed by atoms with E-state index >= 15 is 0 Å². The molecule has 1 aliphatic heterocycles. The SMILES string of the molecule is O=C(O)C1(C2COCC2O)CCCCC1. The van der Waals surface area contributed by atoms with E-state index in [-0.39, 0.29) is 5.92 Å². The third-order valence-electron chi connectivity index (χ3n) is 3.93. The van der Waals surface area contributed by atoms with Crippen molar-refractivity contribution in [3.8, 4) is 0 Å². The van der Waals surface area contributed by atoms with Crippen molar-refractivity contribution in [2.24, 2.45) is 11.3 Å². The minimum Gasteiger partial charge on any atom is -0.481 e. The molecule has 86 valence electrons. The largest absolute Gasteiger partial charge is 0.481 e. The van der Waals surface area contributed by atoms with Crippen LogP contribution in [-0.4, -0.2) is 35.5 Å². The van der Waals surface area contributed by atoms with E-state index in [1.54, 1.807) is 0 Å². The molecule has 0 bridgehead atoms. The van der Waals surface area contributed by atoms with Crippen molar-refractivity contribution < 1.29 is 19.7 Å². The number of aliphatic hydroxyl groups excluding tert-OH is 1. The smallest absolute Gasteiger partial charge is 0.310 e. The summed E-state index contributed by atoms with van der Waals surface area (Å²) in [6, 6.07) is 0. The molecule has 4 heteroatoms. The molecule has 2 unspecified atom stereocenters. The van der Waals surface area contributed by atoms with E-state index in [0.717, 1.165) is 19.3 Å². The fraction of sp³-hybridized carbons (Fsp3) is 0.909. The van der Waals surface area contributed by atoms with Gasteiger partial charge in [0.05, 0.1) is 24.7 Å². The maximum atomic E-state index is 11.4. The zero-order valence-electron chi connectivity index (χ0n) is 8.82. The molecule has 1 saturated heterocycles. The number of rotatable bonds is 2. The summed E-state index contributed by atoms with van der Waals surface area (Å²) in [5, 5.41) is 19.2. The van der Waals surface area contributed by atoms with Crippen LogP contribution in [0.15, 0.2) is 0 Å². The molecule has 0 spiro atoms. The van der Waals surface area contributed by atoms with Gasteiger partial charge < -0.3 is 14.9 Å². The average molecular weight is 214 g/mol. The lowest BCUT2D eigenvalue weighted by Crippen LogP contribution is -2.45. The van der Waals surface area contributed by atoms with E-state index in [4.69, 9.17) is 4.74 Å². The quantitative estimate of drug-likeness (QED) is 0.720. The van der Waals surface area contributed by atoms with Crippen LogP contribution in [0.2, 0.25) is 0 Å². The van der Waals surface area contributed by atoms with Gasteiger partial charge in [0.15, 0.2) is 0 Å². The molecule has 1 saturated carbocycles. The van der Waals surface area contributed by atoms with Crippen molar-refractivity contribution in [3.05, 3.63) is 0 Å². The standard InChI is InChI=1S/C11H18O4/c12-9-7-15-6-8(9)11(10(13)14)4-2-1-3-5-11/h8-9,12H,1-7H2,(H,13,14). The van der Waals surface area contributed by atoms with Gasteiger partial charge in [0, 0.05) is 5.92 Å². The van der Waals surface area contributed by atoms with Crippen LogP contribution in [0.4, 0.5) is 0 Å². The van der Waals surface area contributed by atoms with Gasteiger partial charge in [0.2, 0.25) is 0 Å². The number of hydrogen-bond donors (Lipinski definition) is 2. The molecule has 0 aromatic rings. The molecule has 15 heavy (non-hydrogen) atoms. The summed E-state index contributed by atoms with van der Waals surface area (Å²) in [7, 11) is 0. The Morgan fingerprint density at radius 3 is 2.33 bits per heavy atom. The first-order valence-corrected chi connectivity index (χ1v) is 5.66. The second-order valence-electron chi connectivity index (χ2n) is 4.73. The topological polar surface area (TPSA) is 66.8 Å². The third-order valence-corrected chi connectivity index (χ3v) is 3.93. The maximum absolute atomic E-state index is 11.4. The molecular weight excluding hydrogens is 196 g/mol. The van der Waals surface area contributed by atoms with Crippen LogP contribution in [0.25, 0.3) is 0 Å². The van der Waals surface area contributed by atoms with Crippen molar-refractivity contribution in [1.82, 2.24) is 0 Å². The van der Waals surface area contributed by atoms with Gasteiger partial charge >= 0.3 is 5.97 Å². The van der Waals surface area contributed by atoms with Gasteiger partial charge in [-0.2, -0.15) is 0 Å². The van der Waals surface area contributed by atoms with Crippen molar-refractivity contribution in [1.29, 1.82) is 0 Å². The zero-order chi connectivity index (χ0) is 10.9. The number of carbonyl (C=O) groups is 1. The lowest BCUT2D eigenvalue weighted by molar-refractivity contribution is -0.158. The number of aliphatic carboxylic acids is 1. The first kappa shape index (κ1) is 10.9. The van der Waals surface area contributed by atoms with Crippen molar-refractivity contribution in [2.75, 3.05) is 13.2 Å². The van der Waals surface area contributed by atoms with Crippen LogP contribution in [0, 0.1) is 11.3 Å². The van der Waals surface area contributed by atoms with Gasteiger partial charge in [-0.05, 0) is 12.8 Å². The van der Waals surface area contributed by atoms with Gasteiger partial charge in [-0.15, -0.1) is 0 Å². The molecule has 4 nitrogen and oxygen atoms in total. The average Bonchev–Trinajstić information content (AvgIpc) is 2.66. The molecule has 1 aliphatic carbocycles. The Hall–Kier alpha value is -0.610. The van der Waals surface area contributed by atoms with Gasteiger partial charge in [0.1, 0.15) is 0 Å². The Kier molecular flexibility index (Phi) is 2.98. The maximum Gasteiger partial charge on any atom is 0.310 e. The zero-order valence-corrected chi connectivity index (χ0v) is 8.82. The molecule has 2 N–H and O–H groups in total. The van der Waals surface area contributed by atoms with E-state index in [0.29, 0.717) is 26.1 Å². The molecule has 1 heterocycles. The summed E-state index contributed by atoms with van der Waals surface area (Å²) in [4.78, 5) is 11.4. The Morgan fingerprint density at radius 2 is 1.87 bits per heavy atom. The van der Waals surface area contributed by atoms with Crippen LogP contribution in [0.3, 0.4) is 0 Å². The number of hydrogen-bond acceptors (Lipinski definition) is 3. The number of carboxylic acids is 1. The van der Waals surface area contributed by atoms with Gasteiger partial charge in [-0.25, -0.2) is 0 Å². The Morgan fingerprint density at radius 1 is 1.20 bits per heavy atom. The fourth-order valence-electron chi connectivity index (χ4n) is 3.00. The van der Waals surface area contributed by atoms with Gasteiger partial charge in [-0.3, -0.25) is 4.79 Å². The Balaban J connectivity index is 2.20. The van der Waals surface area contributed by atoms with Gasteiger partial charge in [0.25, 0.3) is 0 Å². The monoisotopic (exact) mass is 214 g/mol. The number of ether oxygens (including phenoxy) is 1. The Labute approximate surface area is 89.2 Å². The molecule has 2 fully saturated rings. The van der Waals surface area contributed by atoms with Gasteiger partial charge in [-0.1, -0.05) is 19.3 Å². The van der Waals surface area contributed by atoms with Crippen molar-refractivity contribution in [3.63, 3.8) is 0 Å². The third kappa shape index (κ3) is 1.76. The number of carboxylic acid groups (broad SMARTS) is 1. The normalized spacial score (nSPS) is 35.3. The van der Waals surface area contributed by atoms with E-state index in [2.05, 4.69) is 0 Å². The van der Waals surface area contributed by atoms with E-state index in [1.165, 1.54) is 0 Å². The molecule has 2 atom stereocenters. The fourth-order valence-corrected chi connectivity index (χ4v) is 3.00. The highest BCUT2D eigenvalue weighted by Gasteiger charge is 2.51. The second kappa shape index (κ2) is 4.10. The van der Waals surface area contributed by atoms with E-state index < -0.39 is 17.5 Å². The summed E-state index contributed by atoms with van der Waals surface area (Å²) in [6.07, 6.45) is 3.80. The first-order chi connectivity index (χ1) is 7.17. The minimum absolute atomic E-state index is 0.213. The highest BCUT2D eigenvalue weighted by Crippen LogP contribution is 2.46. The highest BCUT2D eigenvalue weighted by molar-refractivity contribution is 5.75.